The second-order valence-corrected chi connectivity index (χ2v) is 2.63. The van der Waals surface area contributed by atoms with Crippen molar-refractivity contribution in [2.75, 3.05) is 0 Å². The standard InChI is InChI=1S/C8H13N3/c1-7(9)3-4-8-5-6-11(2)10-8/h3-7H,9H2,1-2H3/b4-3+. The molecule has 1 rings (SSSR count). The van der Waals surface area contributed by atoms with Crippen LogP contribution in [0, 0.1) is 0 Å². The molecule has 3 heteroatoms. The maximum atomic E-state index is 5.53. The minimum absolute atomic E-state index is 0.0945. The predicted molar refractivity (Wildman–Crippen MR) is 45.9 cm³/mol. The van der Waals surface area contributed by atoms with Gasteiger partial charge in [-0.25, -0.2) is 0 Å². The van der Waals surface area contributed by atoms with Crippen LogP contribution >= 0.6 is 0 Å². The minimum Gasteiger partial charge on any atom is -0.325 e. The molecule has 1 heterocycles. The Bertz CT molecular complexity index is 248. The molecule has 0 spiro atoms. The van der Waals surface area contributed by atoms with Gasteiger partial charge in [-0.3, -0.25) is 4.68 Å². The van der Waals surface area contributed by atoms with E-state index in [4.69, 9.17) is 5.73 Å². The average Bonchev–Trinajstić information content (AvgIpc) is 2.31. The lowest BCUT2D eigenvalue weighted by atomic mass is 10.3. The molecule has 0 aliphatic rings. The lowest BCUT2D eigenvalue weighted by Crippen LogP contribution is -2.09. The van der Waals surface area contributed by atoms with Gasteiger partial charge in [0.2, 0.25) is 0 Å². The van der Waals surface area contributed by atoms with Crippen LogP contribution in [0.25, 0.3) is 6.08 Å². The maximum absolute atomic E-state index is 5.53. The van der Waals surface area contributed by atoms with Gasteiger partial charge in [0, 0.05) is 19.3 Å². The number of rotatable bonds is 2. The molecule has 0 bridgehead atoms. The zero-order valence-electron chi connectivity index (χ0n) is 6.86. The monoisotopic (exact) mass is 151 g/mol. The zero-order valence-corrected chi connectivity index (χ0v) is 6.86. The van der Waals surface area contributed by atoms with E-state index in [1.54, 1.807) is 4.68 Å². The van der Waals surface area contributed by atoms with Crippen LogP contribution in [-0.4, -0.2) is 15.8 Å². The molecule has 11 heavy (non-hydrogen) atoms. The van der Waals surface area contributed by atoms with Crippen molar-refractivity contribution in [3.63, 3.8) is 0 Å². The van der Waals surface area contributed by atoms with Gasteiger partial charge in [-0.05, 0) is 19.1 Å². The zero-order chi connectivity index (χ0) is 8.27. The SMILES string of the molecule is CC(N)/C=C/c1ccn(C)n1. The molecule has 0 radical (unpaired) electrons. The van der Waals surface area contributed by atoms with Crippen LogP contribution in [0.1, 0.15) is 12.6 Å². The number of nitrogens with two attached hydrogens (primary N) is 1. The third-order valence-corrected chi connectivity index (χ3v) is 1.30. The summed E-state index contributed by atoms with van der Waals surface area (Å²) in [4.78, 5) is 0. The molecule has 0 saturated carbocycles. The van der Waals surface area contributed by atoms with Crippen LogP contribution in [0.15, 0.2) is 18.3 Å². The Morgan fingerprint density at radius 3 is 2.91 bits per heavy atom. The Kier molecular flexibility index (Phi) is 2.44. The summed E-state index contributed by atoms with van der Waals surface area (Å²) >= 11 is 0. The Hall–Kier alpha value is -1.09. The van der Waals surface area contributed by atoms with Gasteiger partial charge in [-0.15, -0.1) is 0 Å². The summed E-state index contributed by atoms with van der Waals surface area (Å²) in [7, 11) is 1.89. The summed E-state index contributed by atoms with van der Waals surface area (Å²) in [5, 5.41) is 4.16. The summed E-state index contributed by atoms with van der Waals surface area (Å²) < 4.78 is 1.76. The van der Waals surface area contributed by atoms with E-state index in [1.807, 2.05) is 38.4 Å². The van der Waals surface area contributed by atoms with Crippen molar-refractivity contribution in [3.05, 3.63) is 24.0 Å². The highest BCUT2D eigenvalue weighted by Gasteiger charge is 1.90. The van der Waals surface area contributed by atoms with E-state index in [9.17, 15) is 0 Å². The van der Waals surface area contributed by atoms with E-state index in [0.29, 0.717) is 0 Å². The van der Waals surface area contributed by atoms with E-state index in [2.05, 4.69) is 5.10 Å². The van der Waals surface area contributed by atoms with Crippen LogP contribution < -0.4 is 5.73 Å². The molecular formula is C8H13N3. The third-order valence-electron chi connectivity index (χ3n) is 1.30. The highest BCUT2D eigenvalue weighted by atomic mass is 15.2. The number of hydrogen-bond donors (Lipinski definition) is 1. The van der Waals surface area contributed by atoms with Crippen LogP contribution in [0.4, 0.5) is 0 Å². The fourth-order valence-corrected chi connectivity index (χ4v) is 0.772. The molecule has 3 nitrogen and oxygen atoms in total. The first kappa shape index (κ1) is 8.01. The molecule has 2 N–H and O–H groups in total. The smallest absolute Gasteiger partial charge is 0.0848 e. The fourth-order valence-electron chi connectivity index (χ4n) is 0.772. The normalized spacial score (nSPS) is 14.1. The largest absolute Gasteiger partial charge is 0.325 e. The second-order valence-electron chi connectivity index (χ2n) is 2.63. The van der Waals surface area contributed by atoms with Crippen molar-refractivity contribution >= 4 is 6.08 Å². The van der Waals surface area contributed by atoms with Crippen LogP contribution in [0.2, 0.25) is 0 Å². The fraction of sp³-hybridized carbons (Fsp3) is 0.375. The number of hydrogen-bond acceptors (Lipinski definition) is 2. The van der Waals surface area contributed by atoms with Crippen LogP contribution in [0.3, 0.4) is 0 Å². The van der Waals surface area contributed by atoms with Gasteiger partial charge in [0.25, 0.3) is 0 Å². The Labute approximate surface area is 66.5 Å². The molecule has 0 fully saturated rings. The van der Waals surface area contributed by atoms with Crippen LogP contribution in [-0.2, 0) is 7.05 Å². The van der Waals surface area contributed by atoms with Gasteiger partial charge in [0.05, 0.1) is 5.69 Å². The molecule has 1 unspecified atom stereocenters. The third kappa shape index (κ3) is 2.55. The lowest BCUT2D eigenvalue weighted by molar-refractivity contribution is 0.764. The molecule has 0 aromatic carbocycles. The van der Waals surface area contributed by atoms with E-state index < -0.39 is 0 Å². The Balaban J connectivity index is 2.64. The van der Waals surface area contributed by atoms with Crippen molar-refractivity contribution in [1.82, 2.24) is 9.78 Å². The van der Waals surface area contributed by atoms with E-state index in [0.717, 1.165) is 5.69 Å². The first-order valence-electron chi connectivity index (χ1n) is 3.62. The molecule has 0 amide bonds. The van der Waals surface area contributed by atoms with Gasteiger partial charge in [-0.2, -0.15) is 5.10 Å². The molecular weight excluding hydrogens is 138 g/mol. The van der Waals surface area contributed by atoms with Gasteiger partial charge in [0.1, 0.15) is 0 Å². The summed E-state index contributed by atoms with van der Waals surface area (Å²) in [5.74, 6) is 0. The second kappa shape index (κ2) is 3.34. The highest BCUT2D eigenvalue weighted by molar-refractivity contribution is 5.44. The molecule has 0 aliphatic carbocycles. The Morgan fingerprint density at radius 2 is 2.45 bits per heavy atom. The lowest BCUT2D eigenvalue weighted by Gasteiger charge is -1.91. The van der Waals surface area contributed by atoms with Gasteiger partial charge in [-0.1, -0.05) is 6.08 Å². The molecule has 1 atom stereocenters. The van der Waals surface area contributed by atoms with Gasteiger partial charge >= 0.3 is 0 Å². The average molecular weight is 151 g/mol. The van der Waals surface area contributed by atoms with E-state index in [-0.39, 0.29) is 6.04 Å². The number of nitrogens with zero attached hydrogens (tertiary/aromatic N) is 2. The van der Waals surface area contributed by atoms with E-state index in [1.165, 1.54) is 0 Å². The summed E-state index contributed by atoms with van der Waals surface area (Å²) in [6, 6.07) is 2.04. The molecule has 0 aliphatic heterocycles. The summed E-state index contributed by atoms with van der Waals surface area (Å²) in [6.07, 6.45) is 5.74. The first-order valence-corrected chi connectivity index (χ1v) is 3.62. The number of aromatic nitrogens is 2. The molecule has 0 saturated heterocycles. The van der Waals surface area contributed by atoms with Crippen molar-refractivity contribution in [3.8, 4) is 0 Å². The predicted octanol–water partition coefficient (Wildman–Crippen LogP) is 0.781. The first-order chi connectivity index (χ1) is 5.18. The van der Waals surface area contributed by atoms with Crippen molar-refractivity contribution in [2.24, 2.45) is 12.8 Å². The quantitative estimate of drug-likeness (QED) is 0.678. The summed E-state index contributed by atoms with van der Waals surface area (Å²) in [6.45, 7) is 1.93. The van der Waals surface area contributed by atoms with Crippen LogP contribution in [0.5, 0.6) is 0 Å². The highest BCUT2D eigenvalue weighted by Crippen LogP contribution is 1.97. The van der Waals surface area contributed by atoms with Crippen molar-refractivity contribution in [2.45, 2.75) is 13.0 Å². The van der Waals surface area contributed by atoms with Crippen molar-refractivity contribution in [1.29, 1.82) is 0 Å². The minimum atomic E-state index is 0.0945. The number of aryl methyl sites for hydroxylation is 1. The molecule has 60 valence electrons. The van der Waals surface area contributed by atoms with Gasteiger partial charge in [0.15, 0.2) is 0 Å². The maximum Gasteiger partial charge on any atom is 0.0848 e. The Morgan fingerprint density at radius 1 is 1.73 bits per heavy atom. The van der Waals surface area contributed by atoms with Gasteiger partial charge < -0.3 is 5.73 Å². The topological polar surface area (TPSA) is 43.8 Å². The van der Waals surface area contributed by atoms with E-state index >= 15 is 0 Å². The molecule has 1 aromatic rings. The summed E-state index contributed by atoms with van der Waals surface area (Å²) in [5.41, 5.74) is 6.47. The molecule has 1 aromatic heterocycles. The van der Waals surface area contributed by atoms with Crippen molar-refractivity contribution < 1.29 is 0 Å².